The molecule has 2 N–H and O–H groups in total. The van der Waals surface area contributed by atoms with Crippen LogP contribution in [0.3, 0.4) is 0 Å². The summed E-state index contributed by atoms with van der Waals surface area (Å²) in [5.41, 5.74) is 0. The Bertz CT molecular complexity index is 372. The molecule has 0 bridgehead atoms. The molecule has 0 aliphatic carbocycles. The van der Waals surface area contributed by atoms with Gasteiger partial charge in [0.25, 0.3) is 0 Å². The molecule has 0 amide bonds. The zero-order valence-electron chi connectivity index (χ0n) is 15.3. The van der Waals surface area contributed by atoms with E-state index >= 15 is 0 Å². The summed E-state index contributed by atoms with van der Waals surface area (Å²) in [5, 5.41) is 19.3. The van der Waals surface area contributed by atoms with Gasteiger partial charge in [0.2, 0.25) is 0 Å². The van der Waals surface area contributed by atoms with Gasteiger partial charge in [0.05, 0.1) is 31.5 Å². The van der Waals surface area contributed by atoms with E-state index in [1.54, 1.807) is 0 Å². The van der Waals surface area contributed by atoms with Crippen molar-refractivity contribution in [3.05, 3.63) is 0 Å². The maximum atomic E-state index is 9.69. The summed E-state index contributed by atoms with van der Waals surface area (Å²) >= 11 is 0. The van der Waals surface area contributed by atoms with Crippen molar-refractivity contribution in [2.75, 3.05) is 13.2 Å². The Morgan fingerprint density at radius 3 is 1.87 bits per heavy atom. The number of rotatable bonds is 4. The minimum atomic E-state index is -0.371. The fraction of sp³-hybridized carbons (Fsp3) is 1.00. The van der Waals surface area contributed by atoms with Gasteiger partial charge >= 0.3 is 0 Å². The Balaban J connectivity index is 2.11. The molecule has 10 atom stereocenters. The van der Waals surface area contributed by atoms with Gasteiger partial charge in [0, 0.05) is 5.92 Å². The van der Waals surface area contributed by atoms with Crippen molar-refractivity contribution in [1.29, 1.82) is 0 Å². The number of hydrogen-bond donors (Lipinski definition) is 2. The molecule has 2 aliphatic heterocycles. The van der Waals surface area contributed by atoms with Gasteiger partial charge in [-0.15, -0.1) is 0 Å². The second-order valence-corrected chi connectivity index (χ2v) is 7.68. The predicted octanol–water partition coefficient (Wildman–Crippen LogP) is 2.05. The predicted molar refractivity (Wildman–Crippen MR) is 87.9 cm³/mol. The number of hydrogen-bond acceptors (Lipinski definition) is 5. The molecule has 0 saturated carbocycles. The third kappa shape index (κ3) is 3.74. The van der Waals surface area contributed by atoms with E-state index in [-0.39, 0.29) is 55.8 Å². The molecule has 136 valence electrons. The summed E-state index contributed by atoms with van der Waals surface area (Å²) in [6.45, 7) is 12.7. The van der Waals surface area contributed by atoms with Crippen LogP contribution in [-0.2, 0) is 14.2 Å². The summed E-state index contributed by atoms with van der Waals surface area (Å²) in [5.74, 6) is 1.55. The Kier molecular flexibility index (Phi) is 6.48. The Hall–Kier alpha value is -0.200. The van der Waals surface area contributed by atoms with Gasteiger partial charge in [-0.3, -0.25) is 0 Å². The van der Waals surface area contributed by atoms with E-state index in [4.69, 9.17) is 14.2 Å². The molecule has 23 heavy (non-hydrogen) atoms. The van der Waals surface area contributed by atoms with Gasteiger partial charge < -0.3 is 24.4 Å². The molecule has 2 fully saturated rings. The molecule has 0 radical (unpaired) electrons. The lowest BCUT2D eigenvalue weighted by Gasteiger charge is -2.48. The summed E-state index contributed by atoms with van der Waals surface area (Å²) < 4.78 is 18.3. The van der Waals surface area contributed by atoms with E-state index in [1.165, 1.54) is 0 Å². The zero-order chi connectivity index (χ0) is 17.3. The lowest BCUT2D eigenvalue weighted by Crippen LogP contribution is -2.55. The minimum Gasteiger partial charge on any atom is -0.394 e. The normalized spacial score (nSPS) is 51.7. The third-order valence-corrected chi connectivity index (χ3v) is 6.48. The first kappa shape index (κ1) is 19.1. The van der Waals surface area contributed by atoms with Crippen LogP contribution in [-0.4, -0.2) is 54.1 Å². The topological polar surface area (TPSA) is 68.2 Å². The lowest BCUT2D eigenvalue weighted by molar-refractivity contribution is -0.304. The van der Waals surface area contributed by atoms with Gasteiger partial charge in [0.1, 0.15) is 6.10 Å². The van der Waals surface area contributed by atoms with Gasteiger partial charge in [-0.1, -0.05) is 34.6 Å². The largest absolute Gasteiger partial charge is 0.394 e. The van der Waals surface area contributed by atoms with Crippen LogP contribution >= 0.6 is 0 Å². The molecule has 5 unspecified atom stereocenters. The quantitative estimate of drug-likeness (QED) is 0.826. The maximum Gasteiger partial charge on any atom is 0.161 e. The smallest absolute Gasteiger partial charge is 0.161 e. The first-order valence-corrected chi connectivity index (χ1v) is 8.99. The third-order valence-electron chi connectivity index (χ3n) is 6.48. The van der Waals surface area contributed by atoms with E-state index in [9.17, 15) is 10.2 Å². The van der Waals surface area contributed by atoms with Gasteiger partial charge in [0.15, 0.2) is 6.29 Å². The van der Waals surface area contributed by atoms with Crippen LogP contribution in [0.2, 0.25) is 0 Å². The Morgan fingerprint density at radius 1 is 0.696 bits per heavy atom. The second-order valence-electron chi connectivity index (χ2n) is 7.68. The van der Waals surface area contributed by atoms with Gasteiger partial charge in [-0.2, -0.15) is 0 Å². The van der Waals surface area contributed by atoms with Crippen LogP contribution in [0.1, 0.15) is 41.5 Å². The van der Waals surface area contributed by atoms with Crippen molar-refractivity contribution in [1.82, 2.24) is 0 Å². The Morgan fingerprint density at radius 2 is 1.30 bits per heavy atom. The molecular weight excluding hydrogens is 296 g/mol. The lowest BCUT2D eigenvalue weighted by atomic mass is 9.78. The molecule has 0 aromatic rings. The highest BCUT2D eigenvalue weighted by Gasteiger charge is 2.45. The first-order valence-electron chi connectivity index (χ1n) is 8.99. The van der Waals surface area contributed by atoms with E-state index in [0.29, 0.717) is 17.8 Å². The van der Waals surface area contributed by atoms with Crippen LogP contribution in [0.4, 0.5) is 0 Å². The molecule has 0 spiro atoms. The molecule has 5 heteroatoms. The van der Waals surface area contributed by atoms with Crippen LogP contribution in [0.5, 0.6) is 0 Å². The average Bonchev–Trinajstić information content (AvgIpc) is 2.55. The van der Waals surface area contributed by atoms with Crippen molar-refractivity contribution < 1.29 is 24.4 Å². The molecule has 2 saturated heterocycles. The van der Waals surface area contributed by atoms with Crippen molar-refractivity contribution in [3.63, 3.8) is 0 Å². The minimum absolute atomic E-state index is 0.00563. The number of aliphatic hydroxyl groups excluding tert-OH is 2. The van der Waals surface area contributed by atoms with Crippen molar-refractivity contribution >= 4 is 0 Å². The summed E-state index contributed by atoms with van der Waals surface area (Å²) in [6, 6.07) is 0. The maximum absolute atomic E-state index is 9.69. The number of aliphatic hydroxyl groups is 2. The fourth-order valence-electron chi connectivity index (χ4n) is 3.91. The molecule has 0 aromatic carbocycles. The molecule has 5 nitrogen and oxygen atoms in total. The highest BCUT2D eigenvalue weighted by molar-refractivity contribution is 4.89. The Labute approximate surface area is 140 Å². The standard InChI is InChI=1S/C18H34O5/c1-9-11(3)15(7-19)22-18(13(9)5)23-17-12(4)10(2)14(6)21-16(17)8-20/h9-20H,7-8H2,1-6H3/t9-,10?,11-,12+,13?,14?,15?,16?,17-,18+/m0/s1. The highest BCUT2D eigenvalue weighted by Crippen LogP contribution is 2.39. The van der Waals surface area contributed by atoms with Gasteiger partial charge in [-0.25, -0.2) is 0 Å². The average molecular weight is 330 g/mol. The molecule has 2 heterocycles. The summed E-state index contributed by atoms with van der Waals surface area (Å²) in [6.07, 6.45) is -0.984. The van der Waals surface area contributed by atoms with Crippen LogP contribution in [0.25, 0.3) is 0 Å². The summed E-state index contributed by atoms with van der Waals surface area (Å²) in [4.78, 5) is 0. The van der Waals surface area contributed by atoms with Gasteiger partial charge in [-0.05, 0) is 30.6 Å². The monoisotopic (exact) mass is 330 g/mol. The van der Waals surface area contributed by atoms with E-state index in [1.807, 2.05) is 6.92 Å². The van der Waals surface area contributed by atoms with Crippen LogP contribution < -0.4 is 0 Å². The first-order chi connectivity index (χ1) is 10.8. The van der Waals surface area contributed by atoms with E-state index in [2.05, 4.69) is 34.6 Å². The molecule has 0 aromatic heterocycles. The molecule has 2 aliphatic rings. The highest BCUT2D eigenvalue weighted by atomic mass is 16.7. The number of ether oxygens (including phenoxy) is 3. The fourth-order valence-corrected chi connectivity index (χ4v) is 3.91. The van der Waals surface area contributed by atoms with Crippen molar-refractivity contribution in [2.24, 2.45) is 29.6 Å². The molecule has 2 rings (SSSR count). The molecular formula is C18H34O5. The SMILES string of the molecule is CC1OC(CO)[C@@H](O[C@H]2OC(CO)[C@@H](C)[C@H](C)C2C)[C@H](C)C1C. The second kappa shape index (κ2) is 7.79. The van der Waals surface area contributed by atoms with E-state index in [0.717, 1.165) is 0 Å². The van der Waals surface area contributed by atoms with Crippen LogP contribution in [0.15, 0.2) is 0 Å². The van der Waals surface area contributed by atoms with E-state index < -0.39 is 0 Å². The zero-order valence-corrected chi connectivity index (χ0v) is 15.3. The van der Waals surface area contributed by atoms with Crippen molar-refractivity contribution in [2.45, 2.75) is 72.2 Å². The van der Waals surface area contributed by atoms with Crippen LogP contribution in [0, 0.1) is 29.6 Å². The van der Waals surface area contributed by atoms with Crippen molar-refractivity contribution in [3.8, 4) is 0 Å². The summed E-state index contributed by atoms with van der Waals surface area (Å²) in [7, 11) is 0.